The SMILES string of the molecule is C=CC1=C(C(=O)O)N2C(=O)[C@@H](NC(=O)/C(=N\OCC(=O)OC(C)(C)C)c3csc(N)n3)[C@H]2SC1. The zero-order valence-electron chi connectivity index (χ0n) is 18.6. The van der Waals surface area contributed by atoms with Crippen LogP contribution in [0.25, 0.3) is 0 Å². The third-order valence-corrected chi connectivity index (χ3v) is 6.45. The van der Waals surface area contributed by atoms with E-state index in [9.17, 15) is 24.3 Å². The molecule has 2 amide bonds. The Hall–Kier alpha value is -3.39. The standard InChI is InChI=1S/C20H23N5O7S2/c1-5-9-7-33-17-13(16(28)25(17)14(9)18(29)30)23-15(27)12(10-8-34-19(21)22-10)24-31-6-11(26)32-20(2,3)4/h5,8,13,17H,1,6-7H2,2-4H3,(H2,21,22)(H,23,27)(H,29,30)/b24-12-/t13-,17-/m1/s1. The second-order valence-corrected chi connectivity index (χ2v) is 10.1. The first-order chi connectivity index (χ1) is 15.9. The van der Waals surface area contributed by atoms with Gasteiger partial charge in [-0.1, -0.05) is 17.8 Å². The summed E-state index contributed by atoms with van der Waals surface area (Å²) in [7, 11) is 0. The van der Waals surface area contributed by atoms with Crippen molar-refractivity contribution in [2.75, 3.05) is 18.1 Å². The Morgan fingerprint density at radius 1 is 1.44 bits per heavy atom. The average Bonchev–Trinajstić information content (AvgIpc) is 3.18. The Morgan fingerprint density at radius 2 is 2.15 bits per heavy atom. The molecule has 1 aromatic heterocycles. The molecule has 0 aliphatic carbocycles. The van der Waals surface area contributed by atoms with Gasteiger partial charge in [-0.25, -0.2) is 14.6 Å². The second kappa shape index (κ2) is 9.85. The van der Waals surface area contributed by atoms with Crippen LogP contribution in [0.5, 0.6) is 0 Å². The van der Waals surface area contributed by atoms with Gasteiger partial charge in [0.25, 0.3) is 11.8 Å². The van der Waals surface area contributed by atoms with Gasteiger partial charge in [-0.3, -0.25) is 14.5 Å². The summed E-state index contributed by atoms with van der Waals surface area (Å²) in [6, 6.07) is -0.995. The molecule has 2 atom stereocenters. The Bertz CT molecular complexity index is 1110. The molecule has 0 radical (unpaired) electrons. The summed E-state index contributed by atoms with van der Waals surface area (Å²) in [6.45, 7) is 8.11. The largest absolute Gasteiger partial charge is 0.477 e. The van der Waals surface area contributed by atoms with Crippen molar-refractivity contribution in [3.63, 3.8) is 0 Å². The van der Waals surface area contributed by atoms with Gasteiger partial charge in [0.05, 0.1) is 0 Å². The van der Waals surface area contributed by atoms with Gasteiger partial charge in [0.15, 0.2) is 10.8 Å². The smallest absolute Gasteiger partial charge is 0.352 e. The van der Waals surface area contributed by atoms with Crippen LogP contribution in [0, 0.1) is 0 Å². The van der Waals surface area contributed by atoms with E-state index in [0.717, 1.165) is 16.2 Å². The number of fused-ring (bicyclic) bond motifs is 1. The van der Waals surface area contributed by atoms with E-state index in [2.05, 4.69) is 22.0 Å². The van der Waals surface area contributed by atoms with Crippen molar-refractivity contribution in [1.29, 1.82) is 0 Å². The van der Waals surface area contributed by atoms with E-state index in [1.54, 1.807) is 20.8 Å². The Kier molecular flexibility index (Phi) is 7.31. The number of nitrogens with zero attached hydrogens (tertiary/aromatic N) is 3. The van der Waals surface area contributed by atoms with E-state index >= 15 is 0 Å². The highest BCUT2D eigenvalue weighted by molar-refractivity contribution is 8.00. The van der Waals surface area contributed by atoms with Crippen LogP contribution < -0.4 is 11.1 Å². The summed E-state index contributed by atoms with van der Waals surface area (Å²) in [6.07, 6.45) is 1.39. The lowest BCUT2D eigenvalue weighted by Crippen LogP contribution is -2.71. The molecule has 4 N–H and O–H groups in total. The number of ether oxygens (including phenoxy) is 1. The lowest BCUT2D eigenvalue weighted by atomic mass is 10.0. The number of carbonyl (C=O) groups excluding carboxylic acids is 3. The fourth-order valence-electron chi connectivity index (χ4n) is 3.13. The molecule has 3 rings (SSSR count). The molecule has 2 aliphatic rings. The molecule has 0 spiro atoms. The van der Waals surface area contributed by atoms with Gasteiger partial charge >= 0.3 is 11.9 Å². The number of β-lactam (4-membered cyclic amide) rings is 1. The lowest BCUT2D eigenvalue weighted by Gasteiger charge is -2.49. The summed E-state index contributed by atoms with van der Waals surface area (Å²) in [5.74, 6) is -3.02. The maximum absolute atomic E-state index is 13.0. The molecular weight excluding hydrogens is 486 g/mol. The van der Waals surface area contributed by atoms with Gasteiger partial charge < -0.3 is 25.7 Å². The molecule has 34 heavy (non-hydrogen) atoms. The van der Waals surface area contributed by atoms with Crippen molar-refractivity contribution >= 4 is 57.7 Å². The van der Waals surface area contributed by atoms with Gasteiger partial charge in [-0.15, -0.1) is 23.1 Å². The number of nitrogen functional groups attached to an aromatic ring is 1. The zero-order valence-corrected chi connectivity index (χ0v) is 20.2. The first-order valence-electron chi connectivity index (χ1n) is 9.90. The van der Waals surface area contributed by atoms with Gasteiger partial charge in [0.1, 0.15) is 28.4 Å². The van der Waals surface area contributed by atoms with Crippen LogP contribution in [0.3, 0.4) is 0 Å². The van der Waals surface area contributed by atoms with E-state index in [1.807, 2.05) is 0 Å². The maximum Gasteiger partial charge on any atom is 0.352 e. The highest BCUT2D eigenvalue weighted by Crippen LogP contribution is 2.40. The first-order valence-corrected chi connectivity index (χ1v) is 11.8. The van der Waals surface area contributed by atoms with Crippen molar-refractivity contribution in [3.05, 3.63) is 35.0 Å². The molecule has 2 aliphatic heterocycles. The van der Waals surface area contributed by atoms with Crippen LogP contribution in [0.4, 0.5) is 5.13 Å². The summed E-state index contributed by atoms with van der Waals surface area (Å²) in [4.78, 5) is 59.3. The van der Waals surface area contributed by atoms with Crippen molar-refractivity contribution in [2.24, 2.45) is 5.16 Å². The topological polar surface area (TPSA) is 174 Å². The summed E-state index contributed by atoms with van der Waals surface area (Å²) >= 11 is 2.35. The van der Waals surface area contributed by atoms with Crippen LogP contribution in [0.1, 0.15) is 26.5 Å². The number of nitrogens with one attached hydrogen (secondary N) is 1. The fraction of sp³-hybridized carbons (Fsp3) is 0.400. The van der Waals surface area contributed by atoms with Crippen molar-refractivity contribution in [1.82, 2.24) is 15.2 Å². The minimum Gasteiger partial charge on any atom is -0.477 e. The number of nitrogens with two attached hydrogens (primary N) is 1. The molecule has 1 saturated heterocycles. The van der Waals surface area contributed by atoms with Gasteiger partial charge in [0.2, 0.25) is 6.61 Å². The molecule has 0 bridgehead atoms. The molecular formula is C20H23N5O7S2. The molecule has 1 aromatic rings. The third-order valence-electron chi connectivity index (χ3n) is 4.47. The number of thioether (sulfide) groups is 1. The normalized spacial score (nSPS) is 20.3. The van der Waals surface area contributed by atoms with Crippen molar-refractivity contribution < 1.29 is 33.9 Å². The molecule has 14 heteroatoms. The third kappa shape index (κ3) is 5.39. The number of oxime groups is 1. The lowest BCUT2D eigenvalue weighted by molar-refractivity contribution is -0.160. The number of carbonyl (C=O) groups is 4. The van der Waals surface area contributed by atoms with Crippen LogP contribution >= 0.6 is 23.1 Å². The number of amides is 2. The van der Waals surface area contributed by atoms with Crippen LogP contribution in [-0.4, -0.2) is 73.8 Å². The Labute approximate surface area is 202 Å². The summed E-state index contributed by atoms with van der Waals surface area (Å²) in [5, 5.41) is 16.8. The number of allylic oxidation sites excluding steroid dienone is 1. The zero-order chi connectivity index (χ0) is 25.2. The Balaban J connectivity index is 1.75. The molecule has 182 valence electrons. The highest BCUT2D eigenvalue weighted by atomic mass is 32.2. The molecule has 0 saturated carbocycles. The number of carboxylic acid groups (broad SMARTS) is 1. The van der Waals surface area contributed by atoms with Gasteiger partial charge in [-0.05, 0) is 26.3 Å². The number of rotatable bonds is 8. The van der Waals surface area contributed by atoms with Gasteiger partial charge in [0, 0.05) is 11.1 Å². The molecule has 3 heterocycles. The van der Waals surface area contributed by atoms with Crippen molar-refractivity contribution in [2.45, 2.75) is 37.8 Å². The van der Waals surface area contributed by atoms with Crippen LogP contribution in [-0.2, 0) is 28.8 Å². The van der Waals surface area contributed by atoms with E-state index in [4.69, 9.17) is 15.3 Å². The minimum absolute atomic E-state index is 0.0872. The maximum atomic E-state index is 13.0. The average molecular weight is 510 g/mol. The predicted octanol–water partition coefficient (Wildman–Crippen LogP) is 0.712. The molecule has 0 aromatic carbocycles. The monoisotopic (exact) mass is 509 g/mol. The minimum atomic E-state index is -1.26. The quantitative estimate of drug-likeness (QED) is 0.196. The van der Waals surface area contributed by atoms with E-state index < -0.39 is 47.4 Å². The van der Waals surface area contributed by atoms with Crippen LogP contribution in [0.15, 0.2) is 34.5 Å². The number of aliphatic carboxylic acids is 1. The number of aromatic nitrogens is 1. The Morgan fingerprint density at radius 3 is 2.71 bits per heavy atom. The predicted molar refractivity (Wildman–Crippen MR) is 125 cm³/mol. The van der Waals surface area contributed by atoms with Gasteiger partial charge in [-0.2, -0.15) is 0 Å². The number of esters is 1. The van der Waals surface area contributed by atoms with E-state index in [1.165, 1.54) is 23.2 Å². The number of hydrogen-bond acceptors (Lipinski definition) is 11. The number of carboxylic acids is 1. The highest BCUT2D eigenvalue weighted by Gasteiger charge is 2.54. The van der Waals surface area contributed by atoms with E-state index in [-0.39, 0.29) is 22.2 Å². The first kappa shape index (κ1) is 25.2. The summed E-state index contributed by atoms with van der Waals surface area (Å²) < 4.78 is 5.12. The molecule has 0 unspecified atom stereocenters. The number of anilines is 1. The molecule has 12 nitrogen and oxygen atoms in total. The van der Waals surface area contributed by atoms with E-state index in [0.29, 0.717) is 11.3 Å². The fourth-order valence-corrected chi connectivity index (χ4v) is 5.02. The summed E-state index contributed by atoms with van der Waals surface area (Å²) in [5.41, 5.74) is 4.98. The number of thiazole rings is 1. The van der Waals surface area contributed by atoms with Crippen LogP contribution in [0.2, 0.25) is 0 Å². The van der Waals surface area contributed by atoms with Crippen molar-refractivity contribution in [3.8, 4) is 0 Å². The second-order valence-electron chi connectivity index (χ2n) is 8.11. The molecule has 1 fully saturated rings. The number of hydrogen-bond donors (Lipinski definition) is 3.